The number of para-hydroxylation sites is 1. The van der Waals surface area contributed by atoms with Gasteiger partial charge in [0.05, 0.1) is 13.5 Å². The van der Waals surface area contributed by atoms with Crippen LogP contribution in [-0.2, 0) is 11.2 Å². The van der Waals surface area contributed by atoms with Gasteiger partial charge in [0.15, 0.2) is 0 Å². The Bertz CT molecular complexity index is 456. The molecule has 0 aromatic heterocycles. The molecule has 0 aliphatic carbocycles. The number of carbonyl (C=O) groups is 1. The lowest BCUT2D eigenvalue weighted by molar-refractivity contribution is -0.133. The average molecular weight is 290 g/mol. The number of amides is 1. The van der Waals surface area contributed by atoms with Gasteiger partial charge < -0.3 is 15.0 Å². The highest BCUT2D eigenvalue weighted by Crippen LogP contribution is 2.20. The van der Waals surface area contributed by atoms with E-state index in [0.29, 0.717) is 12.5 Å². The van der Waals surface area contributed by atoms with Gasteiger partial charge in [-0.15, -0.1) is 0 Å². The molecule has 1 fully saturated rings. The highest BCUT2D eigenvalue weighted by Gasteiger charge is 2.25. The second kappa shape index (κ2) is 8.03. The predicted octanol–water partition coefficient (Wildman–Crippen LogP) is 2.23. The molecule has 1 unspecified atom stereocenters. The average Bonchev–Trinajstić information content (AvgIpc) is 2.53. The van der Waals surface area contributed by atoms with Crippen molar-refractivity contribution >= 4 is 5.91 Å². The predicted molar refractivity (Wildman–Crippen MR) is 84.6 cm³/mol. The van der Waals surface area contributed by atoms with Gasteiger partial charge >= 0.3 is 0 Å². The van der Waals surface area contributed by atoms with Gasteiger partial charge in [-0.2, -0.15) is 0 Å². The lowest BCUT2D eigenvalue weighted by Gasteiger charge is -2.34. The van der Waals surface area contributed by atoms with E-state index in [1.165, 1.54) is 0 Å². The molecule has 21 heavy (non-hydrogen) atoms. The van der Waals surface area contributed by atoms with Crippen LogP contribution in [0.3, 0.4) is 0 Å². The normalized spacial score (nSPS) is 18.3. The SMILES string of the molecule is CCCN(C(=O)Cc1ccccc1OC)C1CCCNC1. The van der Waals surface area contributed by atoms with Crippen LogP contribution < -0.4 is 10.1 Å². The first-order valence-electron chi connectivity index (χ1n) is 7.88. The third kappa shape index (κ3) is 4.21. The Balaban J connectivity index is 2.07. The smallest absolute Gasteiger partial charge is 0.227 e. The molecule has 1 aliphatic heterocycles. The van der Waals surface area contributed by atoms with Crippen LogP contribution in [0.25, 0.3) is 0 Å². The maximum Gasteiger partial charge on any atom is 0.227 e. The number of hydrogen-bond donors (Lipinski definition) is 1. The minimum Gasteiger partial charge on any atom is -0.496 e. The van der Waals surface area contributed by atoms with Crippen molar-refractivity contribution in [2.75, 3.05) is 26.7 Å². The van der Waals surface area contributed by atoms with Gasteiger partial charge in [-0.25, -0.2) is 0 Å². The van der Waals surface area contributed by atoms with Crippen LogP contribution in [0.15, 0.2) is 24.3 Å². The third-order valence-electron chi connectivity index (χ3n) is 4.03. The molecule has 1 N–H and O–H groups in total. The Kier molecular flexibility index (Phi) is 6.05. The van der Waals surface area contributed by atoms with Crippen molar-refractivity contribution < 1.29 is 9.53 Å². The number of hydrogen-bond acceptors (Lipinski definition) is 3. The summed E-state index contributed by atoms with van der Waals surface area (Å²) in [6.45, 7) is 4.94. The summed E-state index contributed by atoms with van der Waals surface area (Å²) in [7, 11) is 1.65. The summed E-state index contributed by atoms with van der Waals surface area (Å²) < 4.78 is 5.35. The number of carbonyl (C=O) groups excluding carboxylic acids is 1. The number of rotatable bonds is 6. The topological polar surface area (TPSA) is 41.6 Å². The Morgan fingerprint density at radius 1 is 1.43 bits per heavy atom. The Morgan fingerprint density at radius 2 is 2.24 bits per heavy atom. The molecule has 4 heteroatoms. The molecule has 116 valence electrons. The molecule has 0 spiro atoms. The monoisotopic (exact) mass is 290 g/mol. The number of piperidine rings is 1. The lowest BCUT2D eigenvalue weighted by Crippen LogP contribution is -2.49. The van der Waals surface area contributed by atoms with E-state index >= 15 is 0 Å². The third-order valence-corrected chi connectivity index (χ3v) is 4.03. The summed E-state index contributed by atoms with van der Waals surface area (Å²) in [6, 6.07) is 8.11. The molecule has 0 saturated carbocycles. The molecule has 0 bridgehead atoms. The van der Waals surface area contributed by atoms with Crippen molar-refractivity contribution in [1.82, 2.24) is 10.2 Å². The largest absolute Gasteiger partial charge is 0.496 e. The summed E-state index contributed by atoms with van der Waals surface area (Å²) in [6.07, 6.45) is 3.66. The van der Waals surface area contributed by atoms with Crippen LogP contribution in [0, 0.1) is 0 Å². The Hall–Kier alpha value is -1.55. The van der Waals surface area contributed by atoms with Crippen molar-refractivity contribution in [2.24, 2.45) is 0 Å². The minimum absolute atomic E-state index is 0.204. The maximum absolute atomic E-state index is 12.7. The van der Waals surface area contributed by atoms with E-state index in [1.807, 2.05) is 24.3 Å². The molecular formula is C17H26N2O2. The summed E-state index contributed by atoms with van der Waals surface area (Å²) in [5.41, 5.74) is 0.967. The van der Waals surface area contributed by atoms with E-state index in [9.17, 15) is 4.79 Å². The van der Waals surface area contributed by atoms with Crippen LogP contribution in [0.2, 0.25) is 0 Å². The first kappa shape index (κ1) is 15.8. The van der Waals surface area contributed by atoms with E-state index in [1.54, 1.807) is 7.11 Å². The second-order valence-electron chi connectivity index (χ2n) is 5.58. The summed E-state index contributed by atoms with van der Waals surface area (Å²) in [5.74, 6) is 0.999. The van der Waals surface area contributed by atoms with Crippen molar-refractivity contribution in [3.63, 3.8) is 0 Å². The van der Waals surface area contributed by atoms with E-state index in [0.717, 1.165) is 50.2 Å². The van der Waals surface area contributed by atoms with Crippen LogP contribution >= 0.6 is 0 Å². The number of benzene rings is 1. The fourth-order valence-electron chi connectivity index (χ4n) is 2.96. The zero-order chi connectivity index (χ0) is 15.1. The summed E-state index contributed by atoms with van der Waals surface area (Å²) >= 11 is 0. The van der Waals surface area contributed by atoms with Gasteiger partial charge in [-0.3, -0.25) is 4.79 Å². The van der Waals surface area contributed by atoms with Crippen LogP contribution in [0.1, 0.15) is 31.7 Å². The second-order valence-corrected chi connectivity index (χ2v) is 5.58. The molecule has 1 saturated heterocycles. The molecule has 1 aromatic carbocycles. The van der Waals surface area contributed by atoms with Crippen molar-refractivity contribution in [1.29, 1.82) is 0 Å². The Morgan fingerprint density at radius 3 is 2.90 bits per heavy atom. The molecule has 1 heterocycles. The molecule has 1 amide bonds. The summed E-state index contributed by atoms with van der Waals surface area (Å²) in [5, 5.41) is 3.40. The molecule has 1 atom stereocenters. The number of methoxy groups -OCH3 is 1. The number of nitrogens with zero attached hydrogens (tertiary/aromatic N) is 1. The van der Waals surface area contributed by atoms with Gasteiger partial charge in [0.1, 0.15) is 5.75 Å². The number of ether oxygens (including phenoxy) is 1. The van der Waals surface area contributed by atoms with Gasteiger partial charge in [0.2, 0.25) is 5.91 Å². The molecule has 2 rings (SSSR count). The lowest BCUT2D eigenvalue weighted by atomic mass is 10.0. The van der Waals surface area contributed by atoms with Gasteiger partial charge in [0, 0.05) is 24.7 Å². The van der Waals surface area contributed by atoms with Crippen LogP contribution in [0.4, 0.5) is 0 Å². The summed E-state index contributed by atoms with van der Waals surface area (Å²) in [4.78, 5) is 14.8. The van der Waals surface area contributed by atoms with Crippen LogP contribution in [-0.4, -0.2) is 43.6 Å². The molecule has 1 aliphatic rings. The van der Waals surface area contributed by atoms with E-state index < -0.39 is 0 Å². The zero-order valence-electron chi connectivity index (χ0n) is 13.1. The maximum atomic E-state index is 12.7. The first-order chi connectivity index (χ1) is 10.3. The van der Waals surface area contributed by atoms with Crippen molar-refractivity contribution in [3.8, 4) is 5.75 Å². The van der Waals surface area contributed by atoms with E-state index in [4.69, 9.17) is 4.74 Å². The Labute approximate surface area is 127 Å². The molecular weight excluding hydrogens is 264 g/mol. The van der Waals surface area contributed by atoms with Gasteiger partial charge in [-0.1, -0.05) is 25.1 Å². The fraction of sp³-hybridized carbons (Fsp3) is 0.588. The first-order valence-corrected chi connectivity index (χ1v) is 7.88. The van der Waals surface area contributed by atoms with E-state index in [2.05, 4.69) is 17.1 Å². The van der Waals surface area contributed by atoms with E-state index in [-0.39, 0.29) is 5.91 Å². The molecule has 0 radical (unpaired) electrons. The standard InChI is InChI=1S/C17H26N2O2/c1-3-11-19(15-8-6-10-18-13-15)17(20)12-14-7-4-5-9-16(14)21-2/h4-5,7,9,15,18H,3,6,8,10-13H2,1-2H3. The van der Waals surface area contributed by atoms with Gasteiger partial charge in [0.25, 0.3) is 0 Å². The quantitative estimate of drug-likeness (QED) is 0.873. The highest BCUT2D eigenvalue weighted by atomic mass is 16.5. The van der Waals surface area contributed by atoms with Gasteiger partial charge in [-0.05, 0) is 31.9 Å². The van der Waals surface area contributed by atoms with Crippen molar-refractivity contribution in [2.45, 2.75) is 38.6 Å². The van der Waals surface area contributed by atoms with Crippen molar-refractivity contribution in [3.05, 3.63) is 29.8 Å². The fourth-order valence-corrected chi connectivity index (χ4v) is 2.96. The minimum atomic E-state index is 0.204. The molecule has 4 nitrogen and oxygen atoms in total. The highest BCUT2D eigenvalue weighted by molar-refractivity contribution is 5.80. The molecule has 1 aromatic rings. The zero-order valence-corrected chi connectivity index (χ0v) is 13.1. The van der Waals surface area contributed by atoms with Crippen LogP contribution in [0.5, 0.6) is 5.75 Å². The number of nitrogens with one attached hydrogen (secondary N) is 1.